The van der Waals surface area contributed by atoms with Gasteiger partial charge in [0.2, 0.25) is 16.0 Å². The van der Waals surface area contributed by atoms with E-state index in [2.05, 4.69) is 9.97 Å². The maximum absolute atomic E-state index is 13.6. The Hall–Kier alpha value is -2.44. The van der Waals surface area contributed by atoms with Crippen molar-refractivity contribution >= 4 is 22.0 Å². The van der Waals surface area contributed by atoms with Gasteiger partial charge in [0.15, 0.2) is 6.29 Å². The molecule has 0 fully saturated rings. The maximum atomic E-state index is 13.6. The van der Waals surface area contributed by atoms with Gasteiger partial charge in [-0.15, -0.1) is 0 Å². The fourth-order valence-electron chi connectivity index (χ4n) is 3.63. The molecule has 0 aliphatic carbocycles. The van der Waals surface area contributed by atoms with Crippen molar-refractivity contribution in [1.29, 1.82) is 0 Å². The van der Waals surface area contributed by atoms with Gasteiger partial charge >= 0.3 is 0 Å². The van der Waals surface area contributed by atoms with Crippen LogP contribution in [0.25, 0.3) is 17.3 Å². The number of anilines is 1. The average Bonchev–Trinajstić information content (AvgIpc) is 2.82. The van der Waals surface area contributed by atoms with Gasteiger partial charge in [-0.2, -0.15) is 0 Å². The van der Waals surface area contributed by atoms with Crippen LogP contribution in [0.3, 0.4) is 0 Å². The van der Waals surface area contributed by atoms with Gasteiger partial charge < -0.3 is 19.7 Å². The molecule has 0 saturated carbocycles. The van der Waals surface area contributed by atoms with E-state index in [1.54, 1.807) is 18.2 Å². The molecule has 2 aromatic rings. The largest absolute Gasteiger partial charge is 0.393 e. The van der Waals surface area contributed by atoms with E-state index in [-0.39, 0.29) is 24.7 Å². The molecule has 1 aromatic carbocycles. The quantitative estimate of drug-likeness (QED) is 0.349. The second-order valence-corrected chi connectivity index (χ2v) is 11.0. The molecule has 0 unspecified atom stereocenters. The molecule has 0 amide bonds. The van der Waals surface area contributed by atoms with Crippen LogP contribution < -0.4 is 4.31 Å². The zero-order valence-corrected chi connectivity index (χ0v) is 23.1. The van der Waals surface area contributed by atoms with Crippen molar-refractivity contribution < 1.29 is 32.5 Å². The van der Waals surface area contributed by atoms with Crippen LogP contribution in [0.15, 0.2) is 30.3 Å². The van der Waals surface area contributed by atoms with Crippen molar-refractivity contribution in [3.63, 3.8) is 0 Å². The number of aliphatic hydroxyl groups is 2. The van der Waals surface area contributed by atoms with Crippen LogP contribution in [0.2, 0.25) is 0 Å². The number of aromatic nitrogens is 2. The van der Waals surface area contributed by atoms with Gasteiger partial charge in [0.1, 0.15) is 5.82 Å². The molecule has 1 heterocycles. The Bertz CT molecular complexity index is 1140. The van der Waals surface area contributed by atoms with E-state index in [0.29, 0.717) is 35.7 Å². The van der Waals surface area contributed by atoms with E-state index in [9.17, 15) is 23.0 Å². The van der Waals surface area contributed by atoms with Gasteiger partial charge in [-0.25, -0.2) is 27.1 Å². The standard InChI is InChI=1S/C26H38FN3O6S/c1-7-35-23(36-8-2)16-21(32)15-20(31)13-14-22-24(17(3)4)28-26(30(5)37(6,33)34)29-25(22)18-9-11-19(27)12-10-18/h9-14,17,20-21,23,31-32H,7-8,15-16H2,1-6H3/b14-13+/t20-,21-/m1/s1. The SMILES string of the molecule is CCOC(C[C@H](O)C[C@H](O)/C=C/c1c(-c2ccc(F)cc2)nc(N(C)S(C)(=O)=O)nc1C(C)C)OCC. The van der Waals surface area contributed by atoms with Crippen LogP contribution in [0, 0.1) is 5.82 Å². The molecule has 2 rings (SSSR count). The Balaban J connectivity index is 2.46. The number of nitrogens with zero attached hydrogens (tertiary/aromatic N) is 3. The lowest BCUT2D eigenvalue weighted by molar-refractivity contribution is -0.154. The van der Waals surface area contributed by atoms with Crippen LogP contribution in [0.5, 0.6) is 0 Å². The Morgan fingerprint density at radius 3 is 2.16 bits per heavy atom. The molecule has 0 aliphatic rings. The Morgan fingerprint density at radius 2 is 1.65 bits per heavy atom. The van der Waals surface area contributed by atoms with E-state index in [0.717, 1.165) is 10.6 Å². The molecule has 0 bridgehead atoms. The highest BCUT2D eigenvalue weighted by Gasteiger charge is 2.23. The summed E-state index contributed by atoms with van der Waals surface area (Å²) in [7, 11) is -2.27. The number of hydrogen-bond acceptors (Lipinski definition) is 8. The third-order valence-corrected chi connectivity index (χ3v) is 6.73. The Morgan fingerprint density at radius 1 is 1.05 bits per heavy atom. The maximum Gasteiger partial charge on any atom is 0.239 e. The number of sulfonamides is 1. The molecule has 37 heavy (non-hydrogen) atoms. The molecule has 9 nitrogen and oxygen atoms in total. The first-order valence-corrected chi connectivity index (χ1v) is 14.1. The highest BCUT2D eigenvalue weighted by molar-refractivity contribution is 7.92. The van der Waals surface area contributed by atoms with E-state index < -0.39 is 34.3 Å². The smallest absolute Gasteiger partial charge is 0.239 e. The molecule has 11 heteroatoms. The Labute approximate surface area is 219 Å². The fourth-order valence-corrected chi connectivity index (χ4v) is 4.01. The van der Waals surface area contributed by atoms with Crippen molar-refractivity contribution in [3.8, 4) is 11.3 Å². The van der Waals surface area contributed by atoms with Crippen molar-refractivity contribution in [1.82, 2.24) is 9.97 Å². The first-order chi connectivity index (χ1) is 17.4. The summed E-state index contributed by atoms with van der Waals surface area (Å²) in [5.41, 5.74) is 2.05. The van der Waals surface area contributed by atoms with Gasteiger partial charge in [-0.3, -0.25) is 0 Å². The second kappa shape index (κ2) is 13.9. The highest BCUT2D eigenvalue weighted by Crippen LogP contribution is 2.31. The highest BCUT2D eigenvalue weighted by atomic mass is 32.2. The molecule has 2 atom stereocenters. The van der Waals surface area contributed by atoms with Crippen LogP contribution in [-0.4, -0.2) is 73.6 Å². The summed E-state index contributed by atoms with van der Waals surface area (Å²) in [6, 6.07) is 5.67. The third-order valence-electron chi connectivity index (χ3n) is 5.58. The van der Waals surface area contributed by atoms with Gasteiger partial charge in [-0.05, 0) is 44.0 Å². The number of halogens is 1. The molecule has 2 N–H and O–H groups in total. The fraction of sp³-hybridized carbons (Fsp3) is 0.538. The predicted molar refractivity (Wildman–Crippen MR) is 142 cm³/mol. The van der Waals surface area contributed by atoms with Gasteiger partial charge in [0.25, 0.3) is 0 Å². The van der Waals surface area contributed by atoms with E-state index in [1.165, 1.54) is 25.3 Å². The monoisotopic (exact) mass is 539 g/mol. The molecular weight excluding hydrogens is 501 g/mol. The first kappa shape index (κ1) is 30.8. The number of hydrogen-bond donors (Lipinski definition) is 2. The number of rotatable bonds is 14. The zero-order valence-electron chi connectivity index (χ0n) is 22.3. The van der Waals surface area contributed by atoms with Gasteiger partial charge in [0, 0.05) is 44.2 Å². The molecule has 0 saturated heterocycles. The number of benzene rings is 1. The van der Waals surface area contributed by atoms with Crippen molar-refractivity contribution in [3.05, 3.63) is 47.4 Å². The van der Waals surface area contributed by atoms with Gasteiger partial charge in [-0.1, -0.05) is 26.0 Å². The minimum atomic E-state index is -3.63. The van der Waals surface area contributed by atoms with Crippen molar-refractivity contribution in [2.24, 2.45) is 0 Å². The lowest BCUT2D eigenvalue weighted by Crippen LogP contribution is -2.27. The summed E-state index contributed by atoms with van der Waals surface area (Å²) < 4.78 is 49.9. The van der Waals surface area contributed by atoms with Crippen LogP contribution in [0.1, 0.15) is 57.7 Å². The summed E-state index contributed by atoms with van der Waals surface area (Å²) in [6.45, 7) is 8.35. The molecule has 0 spiro atoms. The zero-order chi connectivity index (χ0) is 27.8. The summed E-state index contributed by atoms with van der Waals surface area (Å²) >= 11 is 0. The van der Waals surface area contributed by atoms with Crippen LogP contribution >= 0.6 is 0 Å². The summed E-state index contributed by atoms with van der Waals surface area (Å²) in [5.74, 6) is -0.569. The van der Waals surface area contributed by atoms with E-state index in [1.807, 2.05) is 27.7 Å². The summed E-state index contributed by atoms with van der Waals surface area (Å²) in [5, 5.41) is 21.1. The summed E-state index contributed by atoms with van der Waals surface area (Å²) in [4.78, 5) is 9.01. The van der Waals surface area contributed by atoms with Crippen LogP contribution in [0.4, 0.5) is 10.3 Å². The lowest BCUT2D eigenvalue weighted by atomic mass is 9.97. The van der Waals surface area contributed by atoms with Crippen molar-refractivity contribution in [2.45, 2.75) is 65.0 Å². The van der Waals surface area contributed by atoms with E-state index in [4.69, 9.17) is 9.47 Å². The lowest BCUT2D eigenvalue weighted by Gasteiger charge is -2.21. The first-order valence-electron chi connectivity index (χ1n) is 12.3. The second-order valence-electron chi connectivity index (χ2n) is 8.96. The minimum absolute atomic E-state index is 0.0171. The number of aliphatic hydroxyl groups excluding tert-OH is 2. The topological polar surface area (TPSA) is 122 Å². The summed E-state index contributed by atoms with van der Waals surface area (Å²) in [6.07, 6.45) is 2.05. The molecule has 0 aliphatic heterocycles. The molecule has 1 aromatic heterocycles. The Kier molecular flexibility index (Phi) is 11.6. The van der Waals surface area contributed by atoms with Crippen molar-refractivity contribution in [2.75, 3.05) is 30.8 Å². The molecule has 206 valence electrons. The van der Waals surface area contributed by atoms with Crippen LogP contribution in [-0.2, 0) is 19.5 Å². The normalized spacial score (nSPS) is 14.0. The third kappa shape index (κ3) is 9.11. The minimum Gasteiger partial charge on any atom is -0.393 e. The average molecular weight is 540 g/mol. The predicted octanol–water partition coefficient (Wildman–Crippen LogP) is 3.72. The molecular formula is C26H38FN3O6S. The van der Waals surface area contributed by atoms with E-state index >= 15 is 0 Å². The number of ether oxygens (including phenoxy) is 2. The molecule has 0 radical (unpaired) electrons. The van der Waals surface area contributed by atoms with Gasteiger partial charge in [0.05, 0.1) is 29.9 Å².